The number of carbonyl (C=O) groups is 1. The molecule has 1 aliphatic carbocycles. The number of ether oxygens (including phenoxy) is 1. The van der Waals surface area contributed by atoms with Crippen molar-refractivity contribution in [2.75, 3.05) is 7.11 Å². The Balaban J connectivity index is 1.77. The lowest BCUT2D eigenvalue weighted by molar-refractivity contribution is -0.122. The molecule has 21 heavy (non-hydrogen) atoms. The SMILES string of the molecule is COc1ccc(CCC(=O)NC2CCC(N)CC2)cc1Br. The molecule has 1 amide bonds. The summed E-state index contributed by atoms with van der Waals surface area (Å²) >= 11 is 3.46. The molecule has 0 atom stereocenters. The Morgan fingerprint density at radius 1 is 1.38 bits per heavy atom. The monoisotopic (exact) mass is 354 g/mol. The topological polar surface area (TPSA) is 64.3 Å². The van der Waals surface area contributed by atoms with Gasteiger partial charge in [-0.05, 0) is 65.7 Å². The van der Waals surface area contributed by atoms with E-state index in [1.165, 1.54) is 0 Å². The Bertz CT molecular complexity index is 485. The van der Waals surface area contributed by atoms with Gasteiger partial charge >= 0.3 is 0 Å². The van der Waals surface area contributed by atoms with Gasteiger partial charge in [0.05, 0.1) is 11.6 Å². The van der Waals surface area contributed by atoms with Gasteiger partial charge in [0.1, 0.15) is 5.75 Å². The van der Waals surface area contributed by atoms with Gasteiger partial charge in [0, 0.05) is 18.5 Å². The fourth-order valence-electron chi connectivity index (χ4n) is 2.69. The van der Waals surface area contributed by atoms with Gasteiger partial charge in [0.2, 0.25) is 5.91 Å². The van der Waals surface area contributed by atoms with Crippen LogP contribution in [-0.4, -0.2) is 25.1 Å². The highest BCUT2D eigenvalue weighted by molar-refractivity contribution is 9.10. The van der Waals surface area contributed by atoms with Crippen LogP contribution >= 0.6 is 15.9 Å². The highest BCUT2D eigenvalue weighted by atomic mass is 79.9. The van der Waals surface area contributed by atoms with Crippen molar-refractivity contribution in [3.05, 3.63) is 28.2 Å². The predicted molar refractivity (Wildman–Crippen MR) is 87.4 cm³/mol. The van der Waals surface area contributed by atoms with Crippen molar-refractivity contribution >= 4 is 21.8 Å². The Morgan fingerprint density at radius 3 is 2.71 bits per heavy atom. The first-order chi connectivity index (χ1) is 10.1. The lowest BCUT2D eigenvalue weighted by atomic mass is 9.92. The largest absolute Gasteiger partial charge is 0.496 e. The Hall–Kier alpha value is -1.07. The van der Waals surface area contributed by atoms with Crippen LogP contribution < -0.4 is 15.8 Å². The summed E-state index contributed by atoms with van der Waals surface area (Å²) < 4.78 is 6.12. The van der Waals surface area contributed by atoms with Gasteiger partial charge in [-0.3, -0.25) is 4.79 Å². The molecule has 0 unspecified atom stereocenters. The molecule has 116 valence electrons. The number of aryl methyl sites for hydroxylation is 1. The molecule has 0 bridgehead atoms. The van der Waals surface area contributed by atoms with Crippen LogP contribution in [0.2, 0.25) is 0 Å². The second-order valence-corrected chi connectivity index (χ2v) is 6.50. The first kappa shape index (κ1) is 16.3. The van der Waals surface area contributed by atoms with Crippen molar-refractivity contribution < 1.29 is 9.53 Å². The standard InChI is InChI=1S/C16H23BrN2O2/c1-21-15-8-2-11(10-14(15)17)3-9-16(20)19-13-6-4-12(18)5-7-13/h2,8,10,12-13H,3-7,9,18H2,1H3,(H,19,20). The minimum absolute atomic E-state index is 0.127. The number of halogens is 1. The molecule has 1 aliphatic rings. The third-order valence-electron chi connectivity index (χ3n) is 3.99. The minimum Gasteiger partial charge on any atom is -0.496 e. The van der Waals surface area contributed by atoms with Gasteiger partial charge in [0.25, 0.3) is 0 Å². The van der Waals surface area contributed by atoms with E-state index in [0.717, 1.165) is 47.9 Å². The van der Waals surface area contributed by atoms with Crippen LogP contribution in [-0.2, 0) is 11.2 Å². The lowest BCUT2D eigenvalue weighted by Gasteiger charge is -2.26. The molecule has 1 saturated carbocycles. The van der Waals surface area contributed by atoms with E-state index in [4.69, 9.17) is 10.5 Å². The number of hydrogen-bond acceptors (Lipinski definition) is 3. The molecule has 0 aromatic heterocycles. The molecule has 0 heterocycles. The maximum absolute atomic E-state index is 12.0. The second-order valence-electron chi connectivity index (χ2n) is 5.65. The number of benzene rings is 1. The maximum atomic E-state index is 12.0. The molecule has 1 aromatic carbocycles. The molecule has 5 heteroatoms. The van der Waals surface area contributed by atoms with Gasteiger partial charge in [-0.2, -0.15) is 0 Å². The number of hydrogen-bond donors (Lipinski definition) is 2. The Morgan fingerprint density at radius 2 is 2.10 bits per heavy atom. The third-order valence-corrected chi connectivity index (χ3v) is 4.61. The molecule has 3 N–H and O–H groups in total. The van der Waals surface area contributed by atoms with E-state index in [9.17, 15) is 4.79 Å². The van der Waals surface area contributed by atoms with Crippen LogP contribution in [0.4, 0.5) is 0 Å². The zero-order chi connectivity index (χ0) is 15.2. The van der Waals surface area contributed by atoms with Gasteiger partial charge in [0.15, 0.2) is 0 Å². The van der Waals surface area contributed by atoms with Crippen molar-refractivity contribution in [2.24, 2.45) is 5.73 Å². The van der Waals surface area contributed by atoms with Crippen LogP contribution in [0.25, 0.3) is 0 Å². The summed E-state index contributed by atoms with van der Waals surface area (Å²) in [5.41, 5.74) is 7.00. The van der Waals surface area contributed by atoms with E-state index in [1.807, 2.05) is 18.2 Å². The molecular weight excluding hydrogens is 332 g/mol. The van der Waals surface area contributed by atoms with Gasteiger partial charge in [-0.15, -0.1) is 0 Å². The number of nitrogens with one attached hydrogen (secondary N) is 1. The zero-order valence-electron chi connectivity index (χ0n) is 12.4. The van der Waals surface area contributed by atoms with Crippen molar-refractivity contribution in [2.45, 2.75) is 50.6 Å². The van der Waals surface area contributed by atoms with Gasteiger partial charge in [-0.1, -0.05) is 6.07 Å². The van der Waals surface area contributed by atoms with Crippen molar-refractivity contribution in [3.8, 4) is 5.75 Å². The lowest BCUT2D eigenvalue weighted by Crippen LogP contribution is -2.40. The number of amides is 1. The van der Waals surface area contributed by atoms with Crippen LogP contribution in [0.1, 0.15) is 37.7 Å². The van der Waals surface area contributed by atoms with Gasteiger partial charge < -0.3 is 15.8 Å². The van der Waals surface area contributed by atoms with Gasteiger partial charge in [-0.25, -0.2) is 0 Å². The summed E-state index contributed by atoms with van der Waals surface area (Å²) in [4.78, 5) is 12.0. The van der Waals surface area contributed by atoms with Crippen molar-refractivity contribution in [3.63, 3.8) is 0 Å². The molecule has 0 radical (unpaired) electrons. The Kier molecular flexibility index (Phi) is 6.06. The van der Waals surface area contributed by atoms with E-state index in [1.54, 1.807) is 7.11 Å². The quantitative estimate of drug-likeness (QED) is 0.854. The molecule has 1 fully saturated rings. The Labute approximate surface area is 134 Å². The summed E-state index contributed by atoms with van der Waals surface area (Å²) in [7, 11) is 1.64. The summed E-state index contributed by atoms with van der Waals surface area (Å²) in [6.07, 6.45) is 5.27. The summed E-state index contributed by atoms with van der Waals surface area (Å²) in [6.45, 7) is 0. The fourth-order valence-corrected chi connectivity index (χ4v) is 3.27. The van der Waals surface area contributed by atoms with E-state index < -0.39 is 0 Å². The summed E-state index contributed by atoms with van der Waals surface area (Å²) in [6, 6.07) is 6.54. The highest BCUT2D eigenvalue weighted by Gasteiger charge is 2.19. The van der Waals surface area contributed by atoms with Crippen LogP contribution in [0.3, 0.4) is 0 Å². The van der Waals surface area contributed by atoms with Crippen LogP contribution in [0.15, 0.2) is 22.7 Å². The number of nitrogens with two attached hydrogens (primary N) is 1. The molecule has 0 saturated heterocycles. The molecule has 0 aliphatic heterocycles. The minimum atomic E-state index is 0.127. The summed E-state index contributed by atoms with van der Waals surface area (Å²) in [5.74, 6) is 0.934. The van der Waals surface area contributed by atoms with Crippen molar-refractivity contribution in [1.82, 2.24) is 5.32 Å². The number of rotatable bonds is 5. The molecule has 0 spiro atoms. The van der Waals surface area contributed by atoms with E-state index in [-0.39, 0.29) is 5.91 Å². The average Bonchev–Trinajstić information content (AvgIpc) is 2.48. The number of carbonyl (C=O) groups excluding carboxylic acids is 1. The molecule has 1 aromatic rings. The summed E-state index contributed by atoms with van der Waals surface area (Å²) in [5, 5.41) is 3.12. The van der Waals surface area contributed by atoms with Crippen LogP contribution in [0.5, 0.6) is 5.75 Å². The van der Waals surface area contributed by atoms with Crippen LogP contribution in [0, 0.1) is 0 Å². The maximum Gasteiger partial charge on any atom is 0.220 e. The van der Waals surface area contributed by atoms with E-state index in [2.05, 4.69) is 21.2 Å². The molecule has 4 nitrogen and oxygen atoms in total. The fraction of sp³-hybridized carbons (Fsp3) is 0.562. The average molecular weight is 355 g/mol. The first-order valence-electron chi connectivity index (χ1n) is 7.46. The highest BCUT2D eigenvalue weighted by Crippen LogP contribution is 2.26. The predicted octanol–water partition coefficient (Wildman–Crippen LogP) is 2.78. The van der Waals surface area contributed by atoms with E-state index in [0.29, 0.717) is 18.5 Å². The second kappa shape index (κ2) is 7.80. The molecular formula is C16H23BrN2O2. The first-order valence-corrected chi connectivity index (χ1v) is 8.25. The van der Waals surface area contributed by atoms with Crippen molar-refractivity contribution in [1.29, 1.82) is 0 Å². The normalized spacial score (nSPS) is 21.9. The number of methoxy groups -OCH3 is 1. The van der Waals surface area contributed by atoms with E-state index >= 15 is 0 Å². The molecule has 2 rings (SSSR count). The zero-order valence-corrected chi connectivity index (χ0v) is 14.0. The smallest absolute Gasteiger partial charge is 0.220 e. The third kappa shape index (κ3) is 5.00.